The second-order valence-electron chi connectivity index (χ2n) is 5.69. The van der Waals surface area contributed by atoms with E-state index in [-0.39, 0.29) is 11.8 Å². The zero-order valence-electron chi connectivity index (χ0n) is 13.3. The quantitative estimate of drug-likeness (QED) is 0.771. The van der Waals surface area contributed by atoms with Crippen LogP contribution in [0.3, 0.4) is 0 Å². The summed E-state index contributed by atoms with van der Waals surface area (Å²) in [5, 5.41) is 3.30. The Hall–Kier alpha value is -1.64. The molecule has 0 bridgehead atoms. The van der Waals surface area contributed by atoms with Crippen LogP contribution in [0.25, 0.3) is 0 Å². The van der Waals surface area contributed by atoms with E-state index in [9.17, 15) is 13.2 Å². The molecule has 1 aromatic carbocycles. The van der Waals surface area contributed by atoms with Crippen molar-refractivity contribution in [2.45, 2.75) is 12.4 Å². The van der Waals surface area contributed by atoms with Crippen molar-refractivity contribution in [3.05, 3.63) is 58.3 Å². The number of hydrogen-bond acceptors (Lipinski definition) is 4. The van der Waals surface area contributed by atoms with Gasteiger partial charge in [-0.3, -0.25) is 4.90 Å². The van der Waals surface area contributed by atoms with Gasteiger partial charge in [-0.2, -0.15) is 0 Å². The van der Waals surface area contributed by atoms with E-state index >= 15 is 0 Å². The Labute approximate surface area is 152 Å². The number of pyridine rings is 1. The Bertz CT molecular complexity index is 703. The fourth-order valence-corrected chi connectivity index (χ4v) is 3.29. The summed E-state index contributed by atoms with van der Waals surface area (Å²) >= 11 is 3.38. The first kappa shape index (κ1) is 18.2. The number of ether oxygens (including phenoxy) is 1. The molecule has 2 aromatic rings. The van der Waals surface area contributed by atoms with E-state index in [4.69, 9.17) is 0 Å². The van der Waals surface area contributed by atoms with Gasteiger partial charge in [-0.05, 0) is 45.8 Å². The van der Waals surface area contributed by atoms with E-state index in [2.05, 4.69) is 35.9 Å². The fraction of sp³-hybridized carbons (Fsp3) is 0.353. The Morgan fingerprint density at radius 1 is 1.08 bits per heavy atom. The molecule has 1 saturated heterocycles. The van der Waals surface area contributed by atoms with Gasteiger partial charge in [0.2, 0.25) is 0 Å². The minimum atomic E-state index is -4.69. The molecular weight excluding hydrogens is 399 g/mol. The Kier molecular flexibility index (Phi) is 5.61. The predicted octanol–water partition coefficient (Wildman–Crippen LogP) is 3.74. The van der Waals surface area contributed by atoms with Gasteiger partial charge >= 0.3 is 6.36 Å². The molecule has 1 aromatic heterocycles. The molecule has 3 rings (SSSR count). The fourth-order valence-electron chi connectivity index (χ4n) is 2.94. The summed E-state index contributed by atoms with van der Waals surface area (Å²) in [5.41, 5.74) is 1.72. The van der Waals surface area contributed by atoms with Crippen LogP contribution >= 0.6 is 15.9 Å². The number of nitrogens with zero attached hydrogens (tertiary/aromatic N) is 2. The van der Waals surface area contributed by atoms with Gasteiger partial charge < -0.3 is 10.1 Å². The molecule has 2 heterocycles. The lowest BCUT2D eigenvalue weighted by atomic mass is 10.0. The summed E-state index contributed by atoms with van der Waals surface area (Å²) in [5.74, 6) is -0.225. The molecule has 1 atom stereocenters. The third kappa shape index (κ3) is 4.93. The Morgan fingerprint density at radius 2 is 1.76 bits per heavy atom. The van der Waals surface area contributed by atoms with Gasteiger partial charge in [0, 0.05) is 26.2 Å². The van der Waals surface area contributed by atoms with E-state index in [1.807, 2.05) is 18.2 Å². The number of alkyl halides is 3. The second kappa shape index (κ2) is 7.72. The molecule has 8 heteroatoms. The molecule has 1 aliphatic heterocycles. The molecule has 1 fully saturated rings. The molecule has 1 N–H and O–H groups in total. The zero-order chi connectivity index (χ0) is 17.9. The van der Waals surface area contributed by atoms with Gasteiger partial charge in [-0.25, -0.2) is 4.98 Å². The maximum Gasteiger partial charge on any atom is 0.573 e. The van der Waals surface area contributed by atoms with Crippen LogP contribution in [0.2, 0.25) is 0 Å². The Balaban J connectivity index is 1.91. The maximum atomic E-state index is 12.3. The van der Waals surface area contributed by atoms with E-state index in [0.29, 0.717) is 0 Å². The molecule has 4 nitrogen and oxygen atoms in total. The lowest BCUT2D eigenvalue weighted by Crippen LogP contribution is -2.45. The molecule has 1 aliphatic rings. The minimum absolute atomic E-state index is 0.125. The SMILES string of the molecule is FC(F)(F)Oc1ccc([C@H](c2cccc(Br)n2)N2CCNCC2)cc1. The summed E-state index contributed by atoms with van der Waals surface area (Å²) in [4.78, 5) is 6.82. The van der Waals surface area contributed by atoms with Crippen LogP contribution in [0, 0.1) is 0 Å². The molecule has 0 radical (unpaired) electrons. The van der Waals surface area contributed by atoms with Crippen LogP contribution in [0.4, 0.5) is 13.2 Å². The average molecular weight is 416 g/mol. The number of aromatic nitrogens is 1. The Morgan fingerprint density at radius 3 is 2.36 bits per heavy atom. The number of benzene rings is 1. The highest BCUT2D eigenvalue weighted by Crippen LogP contribution is 2.31. The van der Waals surface area contributed by atoms with E-state index in [1.165, 1.54) is 12.1 Å². The number of rotatable bonds is 4. The van der Waals surface area contributed by atoms with Crippen LogP contribution in [0.1, 0.15) is 17.3 Å². The lowest BCUT2D eigenvalue weighted by Gasteiger charge is -2.35. The summed E-state index contributed by atoms with van der Waals surface area (Å²) in [6.07, 6.45) is -4.69. The van der Waals surface area contributed by atoms with Gasteiger partial charge in [0.1, 0.15) is 10.4 Å². The predicted molar refractivity (Wildman–Crippen MR) is 91.3 cm³/mol. The van der Waals surface area contributed by atoms with Crippen molar-refractivity contribution in [1.29, 1.82) is 0 Å². The molecule has 0 spiro atoms. The highest BCUT2D eigenvalue weighted by atomic mass is 79.9. The third-order valence-electron chi connectivity index (χ3n) is 3.96. The summed E-state index contributed by atoms with van der Waals surface area (Å²) in [6.45, 7) is 3.39. The highest BCUT2D eigenvalue weighted by Gasteiger charge is 2.31. The van der Waals surface area contributed by atoms with Crippen LogP contribution in [-0.4, -0.2) is 42.4 Å². The third-order valence-corrected chi connectivity index (χ3v) is 4.40. The van der Waals surface area contributed by atoms with Gasteiger partial charge in [0.15, 0.2) is 0 Å². The van der Waals surface area contributed by atoms with Gasteiger partial charge in [-0.1, -0.05) is 18.2 Å². The highest BCUT2D eigenvalue weighted by molar-refractivity contribution is 9.10. The number of hydrogen-bond donors (Lipinski definition) is 1. The first-order chi connectivity index (χ1) is 11.9. The van der Waals surface area contributed by atoms with Crippen molar-refractivity contribution < 1.29 is 17.9 Å². The van der Waals surface area contributed by atoms with Crippen molar-refractivity contribution in [2.75, 3.05) is 26.2 Å². The normalized spacial score (nSPS) is 17.3. The molecule has 25 heavy (non-hydrogen) atoms. The van der Waals surface area contributed by atoms with Gasteiger partial charge in [0.05, 0.1) is 11.7 Å². The topological polar surface area (TPSA) is 37.4 Å². The van der Waals surface area contributed by atoms with Crippen molar-refractivity contribution in [2.24, 2.45) is 0 Å². The lowest BCUT2D eigenvalue weighted by molar-refractivity contribution is -0.274. The van der Waals surface area contributed by atoms with E-state index in [1.54, 1.807) is 12.1 Å². The standard InChI is InChI=1S/C17H17BrF3N3O/c18-15-3-1-2-14(23-15)16(24-10-8-22-9-11-24)12-4-6-13(7-5-12)25-17(19,20)21/h1-7,16,22H,8-11H2/t16-/m1/s1. The zero-order valence-corrected chi connectivity index (χ0v) is 14.8. The number of piperazine rings is 1. The first-order valence-corrected chi connectivity index (χ1v) is 8.64. The van der Waals surface area contributed by atoms with Crippen molar-refractivity contribution in [1.82, 2.24) is 15.2 Å². The molecule has 0 amide bonds. The van der Waals surface area contributed by atoms with Crippen LogP contribution in [-0.2, 0) is 0 Å². The molecule has 0 aliphatic carbocycles. The average Bonchev–Trinajstić information content (AvgIpc) is 2.56. The molecule has 134 valence electrons. The smallest absolute Gasteiger partial charge is 0.406 e. The largest absolute Gasteiger partial charge is 0.573 e. The molecular formula is C17H17BrF3N3O. The summed E-state index contributed by atoms with van der Waals surface area (Å²) in [6, 6.07) is 11.6. The minimum Gasteiger partial charge on any atom is -0.406 e. The van der Waals surface area contributed by atoms with Gasteiger partial charge in [-0.15, -0.1) is 13.2 Å². The van der Waals surface area contributed by atoms with Crippen molar-refractivity contribution in [3.63, 3.8) is 0 Å². The first-order valence-electron chi connectivity index (χ1n) is 7.85. The molecule has 0 saturated carbocycles. The van der Waals surface area contributed by atoms with E-state index in [0.717, 1.165) is 42.0 Å². The summed E-state index contributed by atoms with van der Waals surface area (Å²) in [7, 11) is 0. The van der Waals surface area contributed by atoms with E-state index < -0.39 is 6.36 Å². The van der Waals surface area contributed by atoms with Crippen molar-refractivity contribution in [3.8, 4) is 5.75 Å². The van der Waals surface area contributed by atoms with Gasteiger partial charge in [0.25, 0.3) is 0 Å². The number of nitrogens with one attached hydrogen (secondary N) is 1. The molecule has 0 unspecified atom stereocenters. The maximum absolute atomic E-state index is 12.3. The van der Waals surface area contributed by atoms with Crippen molar-refractivity contribution >= 4 is 15.9 Å². The number of halogens is 4. The second-order valence-corrected chi connectivity index (χ2v) is 6.50. The summed E-state index contributed by atoms with van der Waals surface area (Å²) < 4.78 is 41.7. The van der Waals surface area contributed by atoms with Crippen LogP contribution in [0.5, 0.6) is 5.75 Å². The van der Waals surface area contributed by atoms with Crippen LogP contribution in [0.15, 0.2) is 47.1 Å². The van der Waals surface area contributed by atoms with Crippen LogP contribution < -0.4 is 10.1 Å². The monoisotopic (exact) mass is 415 g/mol.